The van der Waals surface area contributed by atoms with Crippen molar-refractivity contribution in [2.75, 3.05) is 0 Å². The Bertz CT molecular complexity index is 869. The summed E-state index contributed by atoms with van der Waals surface area (Å²) >= 11 is 0. The van der Waals surface area contributed by atoms with Gasteiger partial charge < -0.3 is 4.98 Å². The SMILES string of the molecule is CCc1c(-c2ccccc2)[nH]c2c(C#N)cnn2c1=O. The molecular formula is C15H12N4O. The van der Waals surface area contributed by atoms with Gasteiger partial charge in [0.2, 0.25) is 0 Å². The zero-order chi connectivity index (χ0) is 14.1. The standard InChI is InChI=1S/C15H12N4O/c1-2-12-13(10-6-4-3-5-7-10)18-14-11(8-16)9-17-19(14)15(12)20/h3-7,9,18H,2H2,1H3. The van der Waals surface area contributed by atoms with Gasteiger partial charge in [-0.3, -0.25) is 4.79 Å². The predicted octanol–water partition coefficient (Wildman–Crippen LogP) is 2.12. The molecule has 0 aliphatic carbocycles. The smallest absolute Gasteiger partial charge is 0.278 e. The highest BCUT2D eigenvalue weighted by atomic mass is 16.1. The van der Waals surface area contributed by atoms with E-state index in [-0.39, 0.29) is 5.56 Å². The molecule has 3 rings (SSSR count). The average Bonchev–Trinajstić information content (AvgIpc) is 2.91. The second kappa shape index (κ2) is 4.67. The van der Waals surface area contributed by atoms with Crippen molar-refractivity contribution >= 4 is 5.65 Å². The first kappa shape index (κ1) is 12.2. The van der Waals surface area contributed by atoms with E-state index in [1.54, 1.807) is 0 Å². The Kier molecular flexibility index (Phi) is 2.84. The number of benzene rings is 1. The maximum atomic E-state index is 12.5. The molecule has 3 aromatic rings. The fourth-order valence-electron chi connectivity index (χ4n) is 2.31. The van der Waals surface area contributed by atoms with Gasteiger partial charge in [0.05, 0.1) is 11.9 Å². The van der Waals surface area contributed by atoms with Crippen LogP contribution in [0.15, 0.2) is 41.3 Å². The molecule has 0 unspecified atom stereocenters. The number of nitrogens with zero attached hydrogens (tertiary/aromatic N) is 3. The highest BCUT2D eigenvalue weighted by molar-refractivity contribution is 5.67. The van der Waals surface area contributed by atoms with Crippen molar-refractivity contribution in [1.29, 1.82) is 5.26 Å². The van der Waals surface area contributed by atoms with Crippen molar-refractivity contribution in [2.24, 2.45) is 0 Å². The molecule has 0 fully saturated rings. The highest BCUT2D eigenvalue weighted by Crippen LogP contribution is 2.21. The van der Waals surface area contributed by atoms with Crippen molar-refractivity contribution in [2.45, 2.75) is 13.3 Å². The zero-order valence-corrected chi connectivity index (χ0v) is 10.9. The number of nitrogens with one attached hydrogen (secondary N) is 1. The minimum Gasteiger partial charge on any atom is -0.338 e. The molecule has 5 nitrogen and oxygen atoms in total. The van der Waals surface area contributed by atoms with E-state index in [1.807, 2.05) is 43.3 Å². The number of aromatic nitrogens is 3. The Hall–Kier alpha value is -2.87. The second-order valence-electron chi connectivity index (χ2n) is 4.43. The van der Waals surface area contributed by atoms with Crippen LogP contribution in [0.4, 0.5) is 0 Å². The molecule has 0 spiro atoms. The van der Waals surface area contributed by atoms with Crippen molar-refractivity contribution < 1.29 is 0 Å². The lowest BCUT2D eigenvalue weighted by atomic mass is 10.1. The van der Waals surface area contributed by atoms with Crippen LogP contribution in [0.5, 0.6) is 0 Å². The van der Waals surface area contributed by atoms with Crippen LogP contribution >= 0.6 is 0 Å². The summed E-state index contributed by atoms with van der Waals surface area (Å²) in [4.78, 5) is 15.6. The van der Waals surface area contributed by atoms with Gasteiger partial charge in [-0.15, -0.1) is 0 Å². The van der Waals surface area contributed by atoms with Crippen LogP contribution in [0.2, 0.25) is 0 Å². The zero-order valence-electron chi connectivity index (χ0n) is 10.9. The minimum atomic E-state index is -0.179. The van der Waals surface area contributed by atoms with E-state index in [0.717, 1.165) is 11.3 Å². The summed E-state index contributed by atoms with van der Waals surface area (Å²) in [5.41, 5.74) is 2.96. The average molecular weight is 264 g/mol. The second-order valence-corrected chi connectivity index (χ2v) is 4.43. The van der Waals surface area contributed by atoms with E-state index in [0.29, 0.717) is 23.2 Å². The van der Waals surface area contributed by atoms with Crippen molar-refractivity contribution in [1.82, 2.24) is 14.6 Å². The molecule has 0 saturated heterocycles. The summed E-state index contributed by atoms with van der Waals surface area (Å²) in [5.74, 6) is 0. The van der Waals surface area contributed by atoms with Crippen LogP contribution in [-0.4, -0.2) is 14.6 Å². The Morgan fingerprint density at radius 2 is 2.10 bits per heavy atom. The first-order valence-corrected chi connectivity index (χ1v) is 6.34. The van der Waals surface area contributed by atoms with Crippen LogP contribution in [0.3, 0.4) is 0 Å². The summed E-state index contributed by atoms with van der Waals surface area (Å²) in [5, 5.41) is 13.1. The molecule has 0 aliphatic heterocycles. The molecule has 0 bridgehead atoms. The predicted molar refractivity (Wildman–Crippen MR) is 75.3 cm³/mol. The van der Waals surface area contributed by atoms with E-state index in [2.05, 4.69) is 10.1 Å². The fraction of sp³-hybridized carbons (Fsp3) is 0.133. The number of H-pyrrole nitrogens is 1. The first-order valence-electron chi connectivity index (χ1n) is 6.34. The third-order valence-corrected chi connectivity index (χ3v) is 3.30. The maximum absolute atomic E-state index is 12.5. The van der Waals surface area contributed by atoms with Gasteiger partial charge in [-0.05, 0) is 12.0 Å². The fourth-order valence-corrected chi connectivity index (χ4v) is 2.31. The van der Waals surface area contributed by atoms with Gasteiger partial charge in [0.25, 0.3) is 5.56 Å². The van der Waals surface area contributed by atoms with E-state index >= 15 is 0 Å². The van der Waals surface area contributed by atoms with Gasteiger partial charge in [0.15, 0.2) is 5.65 Å². The number of fused-ring (bicyclic) bond motifs is 1. The highest BCUT2D eigenvalue weighted by Gasteiger charge is 2.15. The van der Waals surface area contributed by atoms with Crippen molar-refractivity contribution in [3.8, 4) is 17.3 Å². The van der Waals surface area contributed by atoms with Crippen LogP contribution in [0, 0.1) is 11.3 Å². The van der Waals surface area contributed by atoms with E-state index in [9.17, 15) is 4.79 Å². The first-order chi connectivity index (χ1) is 9.76. The van der Waals surface area contributed by atoms with Gasteiger partial charge in [-0.1, -0.05) is 37.3 Å². The molecule has 20 heavy (non-hydrogen) atoms. The van der Waals surface area contributed by atoms with Gasteiger partial charge in [0, 0.05) is 5.56 Å². The van der Waals surface area contributed by atoms with E-state index < -0.39 is 0 Å². The summed E-state index contributed by atoms with van der Waals surface area (Å²) < 4.78 is 1.25. The van der Waals surface area contributed by atoms with Crippen molar-refractivity contribution in [3.63, 3.8) is 0 Å². The van der Waals surface area contributed by atoms with E-state index in [1.165, 1.54) is 10.7 Å². The van der Waals surface area contributed by atoms with Gasteiger partial charge in [0.1, 0.15) is 11.6 Å². The topological polar surface area (TPSA) is 73.9 Å². The molecule has 0 atom stereocenters. The summed E-state index contributed by atoms with van der Waals surface area (Å²) in [7, 11) is 0. The quantitative estimate of drug-likeness (QED) is 0.770. The number of aromatic amines is 1. The third-order valence-electron chi connectivity index (χ3n) is 3.30. The molecule has 1 N–H and O–H groups in total. The molecule has 2 heterocycles. The maximum Gasteiger partial charge on any atom is 0.278 e. The van der Waals surface area contributed by atoms with Crippen LogP contribution in [-0.2, 0) is 6.42 Å². The molecule has 5 heteroatoms. The van der Waals surface area contributed by atoms with Gasteiger partial charge in [-0.25, -0.2) is 0 Å². The summed E-state index contributed by atoms with van der Waals surface area (Å²) in [6.07, 6.45) is 2.00. The molecule has 1 aromatic carbocycles. The minimum absolute atomic E-state index is 0.179. The Balaban J connectivity index is 2.42. The van der Waals surface area contributed by atoms with Crippen molar-refractivity contribution in [3.05, 3.63) is 58.0 Å². The lowest BCUT2D eigenvalue weighted by Gasteiger charge is -2.08. The largest absolute Gasteiger partial charge is 0.338 e. The molecule has 0 amide bonds. The lowest BCUT2D eigenvalue weighted by Crippen LogP contribution is -2.21. The molecular weight excluding hydrogens is 252 g/mol. The van der Waals surface area contributed by atoms with Crippen LogP contribution in [0.25, 0.3) is 16.9 Å². The van der Waals surface area contributed by atoms with E-state index in [4.69, 9.17) is 5.26 Å². The number of rotatable bonds is 2. The number of nitriles is 1. The monoisotopic (exact) mass is 264 g/mol. The third kappa shape index (κ3) is 1.70. The summed E-state index contributed by atoms with van der Waals surface area (Å²) in [6, 6.07) is 11.7. The number of hydrogen-bond acceptors (Lipinski definition) is 3. The molecule has 0 aliphatic rings. The Morgan fingerprint density at radius 1 is 1.35 bits per heavy atom. The summed E-state index contributed by atoms with van der Waals surface area (Å²) in [6.45, 7) is 1.93. The molecule has 0 radical (unpaired) electrons. The lowest BCUT2D eigenvalue weighted by molar-refractivity contribution is 0.870. The molecule has 2 aromatic heterocycles. The molecule has 0 saturated carbocycles. The van der Waals surface area contributed by atoms with Crippen LogP contribution in [0.1, 0.15) is 18.1 Å². The Morgan fingerprint density at radius 3 is 2.75 bits per heavy atom. The van der Waals surface area contributed by atoms with Gasteiger partial charge in [-0.2, -0.15) is 14.9 Å². The Labute approximate surface area is 115 Å². The molecule has 98 valence electrons. The normalized spacial score (nSPS) is 10.6. The van der Waals surface area contributed by atoms with Crippen LogP contribution < -0.4 is 5.56 Å². The number of hydrogen-bond donors (Lipinski definition) is 1. The van der Waals surface area contributed by atoms with Gasteiger partial charge >= 0.3 is 0 Å².